The second-order valence-electron chi connectivity index (χ2n) is 5.34. The van der Waals surface area contributed by atoms with E-state index in [1.54, 1.807) is 0 Å². The standard InChI is InChI=1S/C13H18N2O/c1-8-12(9(2)14-13(8)7-16)6-15-4-10-3-11(10)5-15/h7,10-11,14H,3-6H2,1-2H3/t10-,11?/m1/s1. The molecule has 0 amide bonds. The van der Waals surface area contributed by atoms with Crippen LogP contribution in [0.1, 0.15) is 33.7 Å². The van der Waals surface area contributed by atoms with Crippen LogP contribution in [-0.2, 0) is 6.54 Å². The number of aromatic amines is 1. The van der Waals surface area contributed by atoms with Crippen LogP contribution < -0.4 is 0 Å². The number of carbonyl (C=O) groups is 1. The molecule has 16 heavy (non-hydrogen) atoms. The summed E-state index contributed by atoms with van der Waals surface area (Å²) in [6, 6.07) is 0. The molecule has 1 unspecified atom stereocenters. The molecule has 1 aromatic heterocycles. The lowest BCUT2D eigenvalue weighted by molar-refractivity contribution is 0.111. The SMILES string of the molecule is Cc1[nH]c(C=O)c(C)c1CN1CC2C[C@@H]2C1. The van der Waals surface area contributed by atoms with Gasteiger partial charge in [0.15, 0.2) is 6.29 Å². The molecule has 3 heteroatoms. The molecule has 1 aromatic rings. The van der Waals surface area contributed by atoms with E-state index in [0.717, 1.165) is 41.6 Å². The van der Waals surface area contributed by atoms with Crippen molar-refractivity contribution in [3.63, 3.8) is 0 Å². The summed E-state index contributed by atoms with van der Waals surface area (Å²) in [6.45, 7) is 7.62. The van der Waals surface area contributed by atoms with Crippen molar-refractivity contribution in [3.8, 4) is 0 Å². The van der Waals surface area contributed by atoms with E-state index in [0.29, 0.717) is 0 Å². The van der Waals surface area contributed by atoms with Crippen molar-refractivity contribution in [2.45, 2.75) is 26.8 Å². The van der Waals surface area contributed by atoms with Crippen LogP contribution >= 0.6 is 0 Å². The quantitative estimate of drug-likeness (QED) is 0.786. The number of piperidine rings is 1. The highest BCUT2D eigenvalue weighted by Crippen LogP contribution is 2.45. The average molecular weight is 218 g/mol. The number of likely N-dealkylation sites (tertiary alicyclic amines) is 1. The van der Waals surface area contributed by atoms with Gasteiger partial charge in [-0.05, 0) is 43.2 Å². The third-order valence-electron chi connectivity index (χ3n) is 4.19. The molecule has 0 bridgehead atoms. The summed E-state index contributed by atoms with van der Waals surface area (Å²) < 4.78 is 0. The van der Waals surface area contributed by atoms with Gasteiger partial charge in [-0.25, -0.2) is 0 Å². The highest BCUT2D eigenvalue weighted by molar-refractivity contribution is 5.75. The van der Waals surface area contributed by atoms with Crippen LogP contribution in [0, 0.1) is 25.7 Å². The van der Waals surface area contributed by atoms with Gasteiger partial charge in [0, 0.05) is 25.3 Å². The van der Waals surface area contributed by atoms with Crippen LogP contribution in [0.3, 0.4) is 0 Å². The molecule has 0 spiro atoms. The predicted octanol–water partition coefficient (Wildman–Crippen LogP) is 1.90. The number of hydrogen-bond donors (Lipinski definition) is 1. The number of hydrogen-bond acceptors (Lipinski definition) is 2. The van der Waals surface area contributed by atoms with E-state index in [4.69, 9.17) is 0 Å². The van der Waals surface area contributed by atoms with Gasteiger partial charge in [0.2, 0.25) is 0 Å². The Labute approximate surface area is 95.8 Å². The van der Waals surface area contributed by atoms with E-state index in [2.05, 4.69) is 16.8 Å². The number of H-pyrrole nitrogens is 1. The van der Waals surface area contributed by atoms with Crippen molar-refractivity contribution in [1.29, 1.82) is 0 Å². The molecule has 86 valence electrons. The molecule has 1 aliphatic carbocycles. The van der Waals surface area contributed by atoms with Gasteiger partial charge in [-0.3, -0.25) is 9.69 Å². The fourth-order valence-electron chi connectivity index (χ4n) is 3.02. The highest BCUT2D eigenvalue weighted by atomic mass is 16.1. The predicted molar refractivity (Wildman–Crippen MR) is 62.5 cm³/mol. The molecular weight excluding hydrogens is 200 g/mol. The van der Waals surface area contributed by atoms with Gasteiger partial charge in [-0.15, -0.1) is 0 Å². The van der Waals surface area contributed by atoms with Gasteiger partial charge in [0.05, 0.1) is 5.69 Å². The maximum Gasteiger partial charge on any atom is 0.166 e. The first-order chi connectivity index (χ1) is 7.69. The van der Waals surface area contributed by atoms with E-state index in [-0.39, 0.29) is 0 Å². The number of carbonyl (C=O) groups excluding carboxylic acids is 1. The number of fused-ring (bicyclic) bond motifs is 1. The topological polar surface area (TPSA) is 36.1 Å². The summed E-state index contributed by atoms with van der Waals surface area (Å²) in [5.41, 5.74) is 4.36. The van der Waals surface area contributed by atoms with Gasteiger partial charge >= 0.3 is 0 Å². The first-order valence-electron chi connectivity index (χ1n) is 6.04. The Balaban J connectivity index is 1.78. The lowest BCUT2D eigenvalue weighted by Gasteiger charge is -2.17. The summed E-state index contributed by atoms with van der Waals surface area (Å²) in [5.74, 6) is 1.95. The van der Waals surface area contributed by atoms with Crippen LogP contribution in [-0.4, -0.2) is 29.3 Å². The number of aryl methyl sites for hydroxylation is 1. The van der Waals surface area contributed by atoms with E-state index >= 15 is 0 Å². The monoisotopic (exact) mass is 218 g/mol. The Morgan fingerprint density at radius 3 is 2.62 bits per heavy atom. The van der Waals surface area contributed by atoms with Crippen LogP contribution in [0.2, 0.25) is 0 Å². The maximum atomic E-state index is 10.8. The number of aromatic nitrogens is 1. The van der Waals surface area contributed by atoms with Gasteiger partial charge < -0.3 is 4.98 Å². The Hall–Kier alpha value is -1.09. The largest absolute Gasteiger partial charge is 0.356 e. The zero-order valence-corrected chi connectivity index (χ0v) is 9.92. The molecule has 0 radical (unpaired) electrons. The number of rotatable bonds is 3. The normalized spacial score (nSPS) is 28.1. The third-order valence-corrected chi connectivity index (χ3v) is 4.19. The van der Waals surface area contributed by atoms with Crippen LogP contribution in [0.15, 0.2) is 0 Å². The Morgan fingerprint density at radius 1 is 1.38 bits per heavy atom. The van der Waals surface area contributed by atoms with Crippen molar-refractivity contribution in [3.05, 3.63) is 22.5 Å². The molecule has 2 heterocycles. The lowest BCUT2D eigenvalue weighted by Crippen LogP contribution is -2.22. The minimum atomic E-state index is 0.747. The molecule has 2 atom stereocenters. The Morgan fingerprint density at radius 2 is 2.06 bits per heavy atom. The van der Waals surface area contributed by atoms with Crippen molar-refractivity contribution in [2.75, 3.05) is 13.1 Å². The third kappa shape index (κ3) is 1.50. The number of aldehydes is 1. The summed E-state index contributed by atoms with van der Waals surface area (Å²) in [5, 5.41) is 0. The van der Waals surface area contributed by atoms with Crippen LogP contribution in [0.25, 0.3) is 0 Å². The van der Waals surface area contributed by atoms with Gasteiger partial charge in [-0.2, -0.15) is 0 Å². The molecule has 2 aliphatic rings. The molecule has 1 aliphatic heterocycles. The maximum absolute atomic E-state index is 10.8. The summed E-state index contributed by atoms with van der Waals surface area (Å²) >= 11 is 0. The molecule has 0 aromatic carbocycles. The molecule has 1 saturated heterocycles. The molecule has 1 saturated carbocycles. The first-order valence-corrected chi connectivity index (χ1v) is 6.04. The van der Waals surface area contributed by atoms with E-state index in [9.17, 15) is 4.79 Å². The van der Waals surface area contributed by atoms with Crippen LogP contribution in [0.4, 0.5) is 0 Å². The fourth-order valence-corrected chi connectivity index (χ4v) is 3.02. The Bertz CT molecular complexity index is 425. The summed E-state index contributed by atoms with van der Waals surface area (Å²) in [4.78, 5) is 16.5. The molecule has 2 fully saturated rings. The number of nitrogens with one attached hydrogen (secondary N) is 1. The molecule has 1 N–H and O–H groups in total. The van der Waals surface area contributed by atoms with Gasteiger partial charge in [0.25, 0.3) is 0 Å². The van der Waals surface area contributed by atoms with Crippen molar-refractivity contribution in [1.82, 2.24) is 9.88 Å². The minimum Gasteiger partial charge on any atom is -0.356 e. The Kier molecular flexibility index (Phi) is 2.18. The second-order valence-corrected chi connectivity index (χ2v) is 5.34. The van der Waals surface area contributed by atoms with Crippen molar-refractivity contribution in [2.24, 2.45) is 11.8 Å². The van der Waals surface area contributed by atoms with Crippen molar-refractivity contribution < 1.29 is 4.79 Å². The zero-order chi connectivity index (χ0) is 11.3. The molecular formula is C13H18N2O. The summed E-state index contributed by atoms with van der Waals surface area (Å²) in [6.07, 6.45) is 2.37. The lowest BCUT2D eigenvalue weighted by atomic mass is 10.1. The molecule has 3 rings (SSSR count). The van der Waals surface area contributed by atoms with Crippen LogP contribution in [0.5, 0.6) is 0 Å². The van der Waals surface area contributed by atoms with Gasteiger partial charge in [0.1, 0.15) is 0 Å². The minimum absolute atomic E-state index is 0.747. The van der Waals surface area contributed by atoms with Crippen molar-refractivity contribution >= 4 is 6.29 Å². The second kappa shape index (κ2) is 3.45. The van der Waals surface area contributed by atoms with E-state index in [1.807, 2.05) is 6.92 Å². The summed E-state index contributed by atoms with van der Waals surface area (Å²) in [7, 11) is 0. The van der Waals surface area contributed by atoms with Gasteiger partial charge in [-0.1, -0.05) is 0 Å². The highest BCUT2D eigenvalue weighted by Gasteiger charge is 2.44. The molecule has 3 nitrogen and oxygen atoms in total. The average Bonchev–Trinajstić information content (AvgIpc) is 2.79. The zero-order valence-electron chi connectivity index (χ0n) is 9.92. The van der Waals surface area contributed by atoms with E-state index in [1.165, 1.54) is 25.1 Å². The smallest absolute Gasteiger partial charge is 0.166 e. The first kappa shape index (κ1) is 10.1. The number of nitrogens with zero attached hydrogens (tertiary/aromatic N) is 1. The fraction of sp³-hybridized carbons (Fsp3) is 0.615. The van der Waals surface area contributed by atoms with E-state index < -0.39 is 0 Å².